The van der Waals surface area contributed by atoms with Gasteiger partial charge in [-0.15, -0.1) is 0 Å². The molecule has 1 heterocycles. The van der Waals surface area contributed by atoms with E-state index in [1.54, 1.807) is 24.3 Å². The minimum atomic E-state index is -3.67. The molecule has 0 aliphatic carbocycles. The van der Waals surface area contributed by atoms with Crippen LogP contribution in [0.1, 0.15) is 11.6 Å². The van der Waals surface area contributed by atoms with Crippen molar-refractivity contribution in [3.63, 3.8) is 0 Å². The summed E-state index contributed by atoms with van der Waals surface area (Å²) in [5.41, 5.74) is 1.08. The zero-order valence-electron chi connectivity index (χ0n) is 18.5. The molecule has 0 amide bonds. The van der Waals surface area contributed by atoms with Gasteiger partial charge in [-0.05, 0) is 55.1 Å². The highest BCUT2D eigenvalue weighted by molar-refractivity contribution is 9.10. The predicted octanol–water partition coefficient (Wildman–Crippen LogP) is 4.51. The number of para-hydroxylation sites is 1. The molecule has 1 fully saturated rings. The van der Waals surface area contributed by atoms with Crippen LogP contribution < -0.4 is 9.46 Å². The van der Waals surface area contributed by atoms with Crippen molar-refractivity contribution in [2.45, 2.75) is 10.9 Å². The number of nitrogens with one attached hydrogen (secondary N) is 1. The molecule has 33 heavy (non-hydrogen) atoms. The van der Waals surface area contributed by atoms with E-state index in [1.165, 1.54) is 0 Å². The normalized spacial score (nSPS) is 16.4. The van der Waals surface area contributed by atoms with Crippen molar-refractivity contribution in [1.82, 2.24) is 14.5 Å². The molecule has 6 nitrogen and oxygen atoms in total. The summed E-state index contributed by atoms with van der Waals surface area (Å²) in [6.07, 6.45) is 0. The van der Waals surface area contributed by atoms with E-state index >= 15 is 0 Å². The third-order valence-electron chi connectivity index (χ3n) is 5.82. The number of likely N-dealkylation sites (N-methyl/N-ethyl adjacent to an activating group) is 1. The van der Waals surface area contributed by atoms with Crippen molar-refractivity contribution in [2.24, 2.45) is 0 Å². The van der Waals surface area contributed by atoms with Crippen molar-refractivity contribution >= 4 is 26.0 Å². The van der Waals surface area contributed by atoms with Gasteiger partial charge in [0.1, 0.15) is 11.5 Å². The maximum atomic E-state index is 13.1. The monoisotopic (exact) mass is 529 g/mol. The summed E-state index contributed by atoms with van der Waals surface area (Å²) in [5.74, 6) is 1.29. The van der Waals surface area contributed by atoms with E-state index in [2.05, 4.69) is 43.6 Å². The lowest BCUT2D eigenvalue weighted by molar-refractivity contribution is 0.112. The fourth-order valence-corrected chi connectivity index (χ4v) is 5.49. The number of hydrogen-bond donors (Lipinski definition) is 1. The molecule has 0 radical (unpaired) electrons. The Hall–Kier alpha value is -2.23. The topological polar surface area (TPSA) is 61.9 Å². The van der Waals surface area contributed by atoms with Crippen LogP contribution in [0.5, 0.6) is 11.5 Å². The van der Waals surface area contributed by atoms with Gasteiger partial charge in [0.05, 0.1) is 4.90 Å². The number of hydrogen-bond acceptors (Lipinski definition) is 5. The fraction of sp³-hybridized carbons (Fsp3) is 0.280. The minimum absolute atomic E-state index is 0.0651. The van der Waals surface area contributed by atoms with E-state index < -0.39 is 10.0 Å². The molecule has 174 valence electrons. The van der Waals surface area contributed by atoms with Gasteiger partial charge in [-0.1, -0.05) is 52.3 Å². The van der Waals surface area contributed by atoms with E-state index in [0.717, 1.165) is 36.2 Å². The first kappa shape index (κ1) is 23.9. The number of rotatable bonds is 8. The van der Waals surface area contributed by atoms with Crippen molar-refractivity contribution in [1.29, 1.82) is 0 Å². The Bertz CT molecular complexity index is 1150. The molecule has 3 aromatic rings. The molecule has 3 aromatic carbocycles. The van der Waals surface area contributed by atoms with Crippen LogP contribution in [0, 0.1) is 0 Å². The summed E-state index contributed by atoms with van der Waals surface area (Å²) in [6, 6.07) is 23.8. The summed E-state index contributed by atoms with van der Waals surface area (Å²) in [7, 11) is -1.56. The molecular formula is C25H28BrN3O3S. The van der Waals surface area contributed by atoms with Gasteiger partial charge in [-0.25, -0.2) is 13.1 Å². The van der Waals surface area contributed by atoms with E-state index in [-0.39, 0.29) is 17.5 Å². The Labute approximate surface area is 204 Å². The second-order valence-electron chi connectivity index (χ2n) is 8.11. The molecule has 8 heteroatoms. The van der Waals surface area contributed by atoms with Crippen LogP contribution in [0.3, 0.4) is 0 Å². The van der Waals surface area contributed by atoms with Gasteiger partial charge in [-0.3, -0.25) is 4.90 Å². The largest absolute Gasteiger partial charge is 0.457 e. The van der Waals surface area contributed by atoms with E-state index in [9.17, 15) is 8.42 Å². The Balaban J connectivity index is 1.48. The zero-order chi connectivity index (χ0) is 23.3. The molecule has 1 aliphatic heterocycles. The van der Waals surface area contributed by atoms with Gasteiger partial charge < -0.3 is 9.64 Å². The van der Waals surface area contributed by atoms with E-state index in [0.29, 0.717) is 11.5 Å². The fourth-order valence-electron chi connectivity index (χ4n) is 3.90. The minimum Gasteiger partial charge on any atom is -0.457 e. The van der Waals surface area contributed by atoms with E-state index in [4.69, 9.17) is 4.74 Å². The molecule has 0 aromatic heterocycles. The molecule has 1 atom stereocenters. The molecule has 1 unspecified atom stereocenters. The van der Waals surface area contributed by atoms with Crippen molar-refractivity contribution in [3.8, 4) is 11.5 Å². The van der Waals surface area contributed by atoms with Crippen molar-refractivity contribution in [3.05, 3.63) is 88.9 Å². The van der Waals surface area contributed by atoms with Crippen LogP contribution in [0.4, 0.5) is 0 Å². The Morgan fingerprint density at radius 2 is 1.48 bits per heavy atom. The van der Waals surface area contributed by atoms with Crippen LogP contribution in [0.2, 0.25) is 0 Å². The second-order valence-corrected chi connectivity index (χ2v) is 10.7. The Morgan fingerprint density at radius 1 is 0.879 bits per heavy atom. The van der Waals surface area contributed by atoms with Crippen LogP contribution in [0.15, 0.2) is 88.2 Å². The summed E-state index contributed by atoms with van der Waals surface area (Å²) >= 11 is 3.65. The van der Waals surface area contributed by atoms with Crippen LogP contribution >= 0.6 is 15.9 Å². The van der Waals surface area contributed by atoms with E-state index in [1.807, 2.05) is 48.5 Å². The first-order valence-electron chi connectivity index (χ1n) is 10.9. The number of nitrogens with zero attached hydrogens (tertiary/aromatic N) is 2. The van der Waals surface area contributed by atoms with Crippen LogP contribution in [0.25, 0.3) is 0 Å². The van der Waals surface area contributed by atoms with Gasteiger partial charge in [0.2, 0.25) is 10.0 Å². The lowest BCUT2D eigenvalue weighted by Gasteiger charge is -2.38. The molecule has 1 aliphatic rings. The van der Waals surface area contributed by atoms with Gasteiger partial charge in [0, 0.05) is 43.2 Å². The summed E-state index contributed by atoms with van der Waals surface area (Å²) in [5, 5.41) is 0. The highest BCUT2D eigenvalue weighted by Crippen LogP contribution is 2.29. The van der Waals surface area contributed by atoms with Crippen molar-refractivity contribution in [2.75, 3.05) is 39.8 Å². The first-order valence-corrected chi connectivity index (χ1v) is 13.2. The Morgan fingerprint density at radius 3 is 2.15 bits per heavy atom. The molecule has 1 N–H and O–H groups in total. The lowest BCUT2D eigenvalue weighted by atomic mass is 10.0. The summed E-state index contributed by atoms with van der Waals surface area (Å²) in [4.78, 5) is 4.85. The van der Waals surface area contributed by atoms with Crippen LogP contribution in [-0.2, 0) is 10.0 Å². The smallest absolute Gasteiger partial charge is 0.240 e. The van der Waals surface area contributed by atoms with Crippen molar-refractivity contribution < 1.29 is 13.2 Å². The molecule has 0 spiro atoms. The third-order valence-corrected chi connectivity index (χ3v) is 7.98. The highest BCUT2D eigenvalue weighted by atomic mass is 79.9. The van der Waals surface area contributed by atoms with Gasteiger partial charge >= 0.3 is 0 Å². The number of piperazine rings is 1. The summed E-state index contributed by atoms with van der Waals surface area (Å²) < 4.78 is 35.7. The van der Waals surface area contributed by atoms with Gasteiger partial charge in [0.15, 0.2) is 0 Å². The molecular weight excluding hydrogens is 502 g/mol. The molecule has 0 saturated carbocycles. The maximum absolute atomic E-state index is 13.1. The third kappa shape index (κ3) is 6.22. The average molecular weight is 530 g/mol. The second kappa shape index (κ2) is 10.8. The molecule has 0 bridgehead atoms. The number of sulfonamides is 1. The van der Waals surface area contributed by atoms with Gasteiger partial charge in [0.25, 0.3) is 0 Å². The lowest BCUT2D eigenvalue weighted by Crippen LogP contribution is -2.48. The van der Waals surface area contributed by atoms with Crippen LogP contribution in [-0.4, -0.2) is 58.0 Å². The SMILES string of the molecule is CN1CCN(C(CNS(=O)(=O)c2ccc(Oc3ccccc3)cc2)c2ccccc2Br)CC1. The zero-order valence-corrected chi connectivity index (χ0v) is 20.9. The first-order chi connectivity index (χ1) is 15.9. The number of halogens is 1. The maximum Gasteiger partial charge on any atom is 0.240 e. The van der Waals surface area contributed by atoms with Gasteiger partial charge in [-0.2, -0.15) is 0 Å². The average Bonchev–Trinajstić information content (AvgIpc) is 2.82. The standard InChI is InChI=1S/C25H28BrN3O3S/c1-28-15-17-29(18-16-28)25(23-9-5-6-10-24(23)26)19-27-33(30,31)22-13-11-21(12-14-22)32-20-7-3-2-4-8-20/h2-14,25,27H,15-19H2,1H3. The highest BCUT2D eigenvalue weighted by Gasteiger charge is 2.27. The number of ether oxygens (including phenoxy) is 1. The number of benzene rings is 3. The quantitative estimate of drug-likeness (QED) is 0.465. The molecule has 4 rings (SSSR count). The Kier molecular flexibility index (Phi) is 7.82. The summed E-state index contributed by atoms with van der Waals surface area (Å²) in [6.45, 7) is 3.97. The predicted molar refractivity (Wildman–Crippen MR) is 134 cm³/mol. The molecule has 1 saturated heterocycles.